The van der Waals surface area contributed by atoms with Crippen LogP contribution in [0.2, 0.25) is 0 Å². The summed E-state index contributed by atoms with van der Waals surface area (Å²) in [5, 5.41) is 0. The second-order valence-electron chi connectivity index (χ2n) is 5.38. The maximum absolute atomic E-state index is 5.93. The van der Waals surface area contributed by atoms with E-state index in [1.165, 1.54) is 18.4 Å². The van der Waals surface area contributed by atoms with Crippen molar-refractivity contribution in [1.82, 2.24) is 4.98 Å². The summed E-state index contributed by atoms with van der Waals surface area (Å²) in [6, 6.07) is 4.86. The van der Waals surface area contributed by atoms with Crippen molar-refractivity contribution in [2.45, 2.75) is 45.7 Å². The van der Waals surface area contributed by atoms with Gasteiger partial charge in [-0.05, 0) is 43.4 Å². The second-order valence-corrected chi connectivity index (χ2v) is 5.38. The van der Waals surface area contributed by atoms with Gasteiger partial charge in [0.25, 0.3) is 0 Å². The average molecular weight is 233 g/mol. The molecule has 2 heterocycles. The Morgan fingerprint density at radius 3 is 2.82 bits per heavy atom. The Labute approximate surface area is 104 Å². The van der Waals surface area contributed by atoms with Gasteiger partial charge in [0.05, 0.1) is 0 Å². The third-order valence-electron chi connectivity index (χ3n) is 3.66. The zero-order valence-electron chi connectivity index (χ0n) is 11.1. The summed E-state index contributed by atoms with van der Waals surface area (Å²) in [5.41, 5.74) is 7.10. The standard InChI is InChI=1S/C14H23N3/c1-10(2)13-5-4-8-17(13)14-9-12(11(3)15)6-7-16-14/h6-7,9-11,13H,4-5,8,15H2,1-3H3/t11-,13?/m0/s1. The molecule has 2 atom stereocenters. The van der Waals surface area contributed by atoms with Crippen LogP contribution in [0.5, 0.6) is 0 Å². The summed E-state index contributed by atoms with van der Waals surface area (Å²) in [7, 11) is 0. The van der Waals surface area contributed by atoms with E-state index in [0.29, 0.717) is 12.0 Å². The molecule has 1 saturated heterocycles. The smallest absolute Gasteiger partial charge is 0.129 e. The van der Waals surface area contributed by atoms with Crippen molar-refractivity contribution in [3.63, 3.8) is 0 Å². The molecule has 0 amide bonds. The third kappa shape index (κ3) is 2.60. The second kappa shape index (κ2) is 5.05. The predicted molar refractivity (Wildman–Crippen MR) is 72.0 cm³/mol. The summed E-state index contributed by atoms with van der Waals surface area (Å²) in [6.45, 7) is 7.72. The molecule has 17 heavy (non-hydrogen) atoms. The van der Waals surface area contributed by atoms with E-state index in [9.17, 15) is 0 Å². The van der Waals surface area contributed by atoms with E-state index in [-0.39, 0.29) is 6.04 Å². The van der Waals surface area contributed by atoms with Crippen LogP contribution in [0, 0.1) is 5.92 Å². The van der Waals surface area contributed by atoms with Gasteiger partial charge in [-0.15, -0.1) is 0 Å². The molecule has 1 unspecified atom stereocenters. The summed E-state index contributed by atoms with van der Waals surface area (Å²) < 4.78 is 0. The average Bonchev–Trinajstić information content (AvgIpc) is 2.78. The summed E-state index contributed by atoms with van der Waals surface area (Å²) in [6.07, 6.45) is 4.43. The fraction of sp³-hybridized carbons (Fsp3) is 0.643. The normalized spacial score (nSPS) is 22.2. The Balaban J connectivity index is 2.24. The molecule has 1 aliphatic rings. The topological polar surface area (TPSA) is 42.1 Å². The van der Waals surface area contributed by atoms with Crippen LogP contribution in [0.1, 0.15) is 45.2 Å². The summed E-state index contributed by atoms with van der Waals surface area (Å²) in [4.78, 5) is 6.95. The molecular weight excluding hydrogens is 210 g/mol. The number of aromatic nitrogens is 1. The van der Waals surface area contributed by atoms with Gasteiger partial charge in [0.1, 0.15) is 5.82 Å². The number of pyridine rings is 1. The van der Waals surface area contributed by atoms with Gasteiger partial charge in [-0.1, -0.05) is 13.8 Å². The Morgan fingerprint density at radius 1 is 1.41 bits per heavy atom. The first-order valence-electron chi connectivity index (χ1n) is 6.57. The zero-order valence-corrected chi connectivity index (χ0v) is 11.1. The minimum atomic E-state index is 0.0804. The molecule has 0 spiro atoms. The molecule has 0 bridgehead atoms. The van der Waals surface area contributed by atoms with Gasteiger partial charge in [0.15, 0.2) is 0 Å². The Bertz CT molecular complexity index is 373. The first kappa shape index (κ1) is 12.4. The molecule has 1 aromatic rings. The van der Waals surface area contributed by atoms with Crippen LogP contribution in [-0.2, 0) is 0 Å². The highest BCUT2D eigenvalue weighted by molar-refractivity contribution is 5.44. The van der Waals surface area contributed by atoms with Crippen LogP contribution < -0.4 is 10.6 Å². The summed E-state index contributed by atoms with van der Waals surface area (Å²) >= 11 is 0. The van der Waals surface area contributed by atoms with Crippen LogP contribution in [0.4, 0.5) is 5.82 Å². The first-order valence-corrected chi connectivity index (χ1v) is 6.57. The molecule has 0 aliphatic carbocycles. The lowest BCUT2D eigenvalue weighted by atomic mass is 10.0. The molecule has 0 radical (unpaired) electrons. The molecule has 94 valence electrons. The number of rotatable bonds is 3. The first-order chi connectivity index (χ1) is 8.09. The quantitative estimate of drug-likeness (QED) is 0.873. The van der Waals surface area contributed by atoms with Crippen molar-refractivity contribution < 1.29 is 0 Å². The number of hydrogen-bond acceptors (Lipinski definition) is 3. The maximum atomic E-state index is 5.93. The third-order valence-corrected chi connectivity index (χ3v) is 3.66. The fourth-order valence-corrected chi connectivity index (χ4v) is 2.64. The SMILES string of the molecule is CC(C)C1CCCN1c1cc([C@H](C)N)ccn1. The zero-order chi connectivity index (χ0) is 12.4. The molecule has 1 fully saturated rings. The van der Waals surface area contributed by atoms with E-state index in [1.807, 2.05) is 19.2 Å². The number of nitrogens with two attached hydrogens (primary N) is 1. The number of anilines is 1. The van der Waals surface area contributed by atoms with Crippen LogP contribution >= 0.6 is 0 Å². The van der Waals surface area contributed by atoms with Crippen LogP contribution in [0.25, 0.3) is 0 Å². The van der Waals surface area contributed by atoms with Gasteiger partial charge < -0.3 is 10.6 Å². The highest BCUT2D eigenvalue weighted by Gasteiger charge is 2.28. The molecule has 0 saturated carbocycles. The summed E-state index contributed by atoms with van der Waals surface area (Å²) in [5.74, 6) is 1.77. The lowest BCUT2D eigenvalue weighted by Crippen LogP contribution is -2.34. The maximum Gasteiger partial charge on any atom is 0.129 e. The fourth-order valence-electron chi connectivity index (χ4n) is 2.64. The molecule has 0 aromatic carbocycles. The molecular formula is C14H23N3. The van der Waals surface area contributed by atoms with Gasteiger partial charge in [0.2, 0.25) is 0 Å². The van der Waals surface area contributed by atoms with Crippen molar-refractivity contribution in [3.05, 3.63) is 23.9 Å². The Kier molecular flexibility index (Phi) is 3.67. The van der Waals surface area contributed by atoms with Gasteiger partial charge in [0, 0.05) is 24.8 Å². The molecule has 3 heteroatoms. The van der Waals surface area contributed by atoms with E-state index < -0.39 is 0 Å². The van der Waals surface area contributed by atoms with Crippen molar-refractivity contribution in [3.8, 4) is 0 Å². The van der Waals surface area contributed by atoms with E-state index in [4.69, 9.17) is 5.73 Å². The molecule has 2 N–H and O–H groups in total. The largest absolute Gasteiger partial charge is 0.353 e. The van der Waals surface area contributed by atoms with E-state index in [0.717, 1.165) is 12.4 Å². The van der Waals surface area contributed by atoms with Gasteiger partial charge in [-0.2, -0.15) is 0 Å². The molecule has 2 rings (SSSR count). The minimum Gasteiger partial charge on any atom is -0.353 e. The minimum absolute atomic E-state index is 0.0804. The van der Waals surface area contributed by atoms with Crippen LogP contribution in [-0.4, -0.2) is 17.6 Å². The number of nitrogens with zero attached hydrogens (tertiary/aromatic N) is 2. The van der Waals surface area contributed by atoms with E-state index in [2.05, 4.69) is 29.8 Å². The van der Waals surface area contributed by atoms with Gasteiger partial charge >= 0.3 is 0 Å². The monoisotopic (exact) mass is 233 g/mol. The molecule has 1 aliphatic heterocycles. The molecule has 3 nitrogen and oxygen atoms in total. The van der Waals surface area contributed by atoms with Gasteiger partial charge in [-0.25, -0.2) is 4.98 Å². The van der Waals surface area contributed by atoms with Crippen molar-refractivity contribution in [1.29, 1.82) is 0 Å². The van der Waals surface area contributed by atoms with Crippen LogP contribution in [0.15, 0.2) is 18.3 Å². The van der Waals surface area contributed by atoms with E-state index >= 15 is 0 Å². The van der Waals surface area contributed by atoms with Crippen molar-refractivity contribution in [2.24, 2.45) is 11.7 Å². The van der Waals surface area contributed by atoms with E-state index in [1.54, 1.807) is 0 Å². The highest BCUT2D eigenvalue weighted by Crippen LogP contribution is 2.29. The lowest BCUT2D eigenvalue weighted by molar-refractivity contribution is 0.489. The highest BCUT2D eigenvalue weighted by atomic mass is 15.2. The van der Waals surface area contributed by atoms with Crippen LogP contribution in [0.3, 0.4) is 0 Å². The molecule has 1 aromatic heterocycles. The number of hydrogen-bond donors (Lipinski definition) is 1. The Morgan fingerprint density at radius 2 is 2.18 bits per heavy atom. The lowest BCUT2D eigenvalue weighted by Gasteiger charge is -2.29. The van der Waals surface area contributed by atoms with Crippen molar-refractivity contribution >= 4 is 5.82 Å². The predicted octanol–water partition coefficient (Wildman–Crippen LogP) is 2.73. The van der Waals surface area contributed by atoms with Gasteiger partial charge in [-0.3, -0.25) is 0 Å². The van der Waals surface area contributed by atoms with Crippen molar-refractivity contribution in [2.75, 3.05) is 11.4 Å². The Hall–Kier alpha value is -1.09.